The second kappa shape index (κ2) is 2.28. The minimum atomic E-state index is 1.12. The lowest BCUT2D eigenvalue weighted by Gasteiger charge is -1.89. The predicted molar refractivity (Wildman–Crippen MR) is 55.0 cm³/mol. The summed E-state index contributed by atoms with van der Waals surface area (Å²) in [5, 5.41) is 5.56. The van der Waals surface area contributed by atoms with Crippen LogP contribution in [0.25, 0.3) is 20.3 Å². The Labute approximate surface area is 77.3 Å². The third kappa shape index (κ3) is 0.750. The number of hydrogen-bond acceptors (Lipinski definition) is 3. The van der Waals surface area contributed by atoms with Gasteiger partial charge in [-0.15, -0.1) is 22.7 Å². The van der Waals surface area contributed by atoms with Gasteiger partial charge in [-0.05, 0) is 22.9 Å². The van der Waals surface area contributed by atoms with E-state index in [1.54, 1.807) is 22.7 Å². The van der Waals surface area contributed by atoms with Crippen LogP contribution in [0, 0.1) is 0 Å². The zero-order valence-electron chi connectivity index (χ0n) is 6.15. The standard InChI is InChI=1S/C9H5NS2/c1-3-11-8-5-10-7-2-4-12-9(7)6(1)8/h1-5H. The summed E-state index contributed by atoms with van der Waals surface area (Å²) in [7, 11) is 0. The van der Waals surface area contributed by atoms with E-state index in [-0.39, 0.29) is 0 Å². The van der Waals surface area contributed by atoms with E-state index in [1.807, 2.05) is 6.20 Å². The molecule has 0 aromatic carbocycles. The molecule has 0 fully saturated rings. The summed E-state index contributed by atoms with van der Waals surface area (Å²) in [6.45, 7) is 0. The Balaban J connectivity index is 2.71. The van der Waals surface area contributed by atoms with Crippen LogP contribution in [0.3, 0.4) is 0 Å². The Morgan fingerprint density at radius 1 is 1.08 bits per heavy atom. The monoisotopic (exact) mass is 191 g/mol. The van der Waals surface area contributed by atoms with E-state index in [0.29, 0.717) is 0 Å². The maximum absolute atomic E-state index is 4.36. The van der Waals surface area contributed by atoms with E-state index in [2.05, 4.69) is 27.9 Å². The molecular formula is C9H5NS2. The smallest absolute Gasteiger partial charge is 0.0816 e. The average Bonchev–Trinajstić information content (AvgIpc) is 2.71. The Bertz CT molecular complexity index is 486. The van der Waals surface area contributed by atoms with Gasteiger partial charge in [-0.2, -0.15) is 0 Å². The van der Waals surface area contributed by atoms with Crippen LogP contribution in [0.5, 0.6) is 0 Å². The lowest BCUT2D eigenvalue weighted by Crippen LogP contribution is -1.69. The highest BCUT2D eigenvalue weighted by Gasteiger charge is 2.02. The van der Waals surface area contributed by atoms with Crippen molar-refractivity contribution in [1.29, 1.82) is 0 Å². The Morgan fingerprint density at radius 2 is 2.00 bits per heavy atom. The van der Waals surface area contributed by atoms with E-state index < -0.39 is 0 Å². The normalized spacial score (nSPS) is 11.3. The fraction of sp³-hybridized carbons (Fsp3) is 0. The van der Waals surface area contributed by atoms with E-state index in [0.717, 1.165) is 5.52 Å². The molecule has 0 aliphatic heterocycles. The molecule has 0 N–H and O–H groups in total. The lowest BCUT2D eigenvalue weighted by atomic mass is 10.3. The fourth-order valence-electron chi connectivity index (χ4n) is 1.34. The van der Waals surface area contributed by atoms with Crippen molar-refractivity contribution in [2.45, 2.75) is 0 Å². The maximum Gasteiger partial charge on any atom is 0.0816 e. The SMILES string of the molecule is c1cc2c(cnc3ccsc32)s1. The van der Waals surface area contributed by atoms with Crippen molar-refractivity contribution in [2.24, 2.45) is 0 Å². The molecular weight excluding hydrogens is 186 g/mol. The molecule has 3 heterocycles. The third-order valence-corrected chi connectivity index (χ3v) is 3.69. The summed E-state index contributed by atoms with van der Waals surface area (Å²) in [5.74, 6) is 0. The van der Waals surface area contributed by atoms with Crippen molar-refractivity contribution < 1.29 is 0 Å². The molecule has 3 aromatic heterocycles. The Morgan fingerprint density at radius 3 is 3.00 bits per heavy atom. The molecule has 0 atom stereocenters. The highest BCUT2D eigenvalue weighted by molar-refractivity contribution is 7.20. The lowest BCUT2D eigenvalue weighted by molar-refractivity contribution is 1.47. The van der Waals surface area contributed by atoms with Gasteiger partial charge in [-0.1, -0.05) is 0 Å². The quantitative estimate of drug-likeness (QED) is 0.530. The summed E-state index contributed by atoms with van der Waals surface area (Å²) in [6, 6.07) is 4.23. The fourth-order valence-corrected chi connectivity index (χ4v) is 3.05. The summed E-state index contributed by atoms with van der Waals surface area (Å²) in [4.78, 5) is 4.36. The zero-order valence-corrected chi connectivity index (χ0v) is 7.78. The molecule has 0 aliphatic rings. The Hall–Kier alpha value is -0.930. The molecule has 0 saturated heterocycles. The topological polar surface area (TPSA) is 12.9 Å². The summed E-state index contributed by atoms with van der Waals surface area (Å²) < 4.78 is 2.60. The number of aromatic nitrogens is 1. The van der Waals surface area contributed by atoms with E-state index in [1.165, 1.54) is 14.8 Å². The number of thiophene rings is 2. The average molecular weight is 191 g/mol. The van der Waals surface area contributed by atoms with E-state index in [9.17, 15) is 0 Å². The number of hydrogen-bond donors (Lipinski definition) is 0. The van der Waals surface area contributed by atoms with Crippen LogP contribution in [0.15, 0.2) is 29.1 Å². The van der Waals surface area contributed by atoms with E-state index in [4.69, 9.17) is 0 Å². The van der Waals surface area contributed by atoms with Gasteiger partial charge in [0.25, 0.3) is 0 Å². The zero-order chi connectivity index (χ0) is 7.97. The second-order valence-electron chi connectivity index (χ2n) is 2.59. The maximum atomic E-state index is 4.36. The molecule has 0 bridgehead atoms. The van der Waals surface area contributed by atoms with E-state index >= 15 is 0 Å². The summed E-state index contributed by atoms with van der Waals surface area (Å²) in [5.41, 5.74) is 1.12. The van der Waals surface area contributed by atoms with Gasteiger partial charge >= 0.3 is 0 Å². The molecule has 0 unspecified atom stereocenters. The minimum absolute atomic E-state index is 1.12. The number of rotatable bonds is 0. The van der Waals surface area contributed by atoms with Crippen LogP contribution in [-0.4, -0.2) is 4.98 Å². The first-order chi connectivity index (χ1) is 5.95. The largest absolute Gasteiger partial charge is 0.254 e. The van der Waals surface area contributed by atoms with Crippen LogP contribution < -0.4 is 0 Å². The molecule has 3 rings (SSSR count). The van der Waals surface area contributed by atoms with Gasteiger partial charge in [0.2, 0.25) is 0 Å². The summed E-state index contributed by atoms with van der Waals surface area (Å²) in [6.07, 6.45) is 1.95. The van der Waals surface area contributed by atoms with Crippen molar-refractivity contribution in [3.63, 3.8) is 0 Å². The van der Waals surface area contributed by atoms with Crippen LogP contribution in [0.1, 0.15) is 0 Å². The molecule has 58 valence electrons. The number of nitrogens with zero attached hydrogens (tertiary/aromatic N) is 1. The van der Waals surface area contributed by atoms with Crippen molar-refractivity contribution in [1.82, 2.24) is 4.98 Å². The van der Waals surface area contributed by atoms with Crippen LogP contribution in [0.2, 0.25) is 0 Å². The highest BCUT2D eigenvalue weighted by atomic mass is 32.1. The molecule has 0 amide bonds. The first-order valence-electron chi connectivity index (χ1n) is 3.64. The van der Waals surface area contributed by atoms with Crippen LogP contribution >= 0.6 is 22.7 Å². The van der Waals surface area contributed by atoms with Gasteiger partial charge in [0.15, 0.2) is 0 Å². The van der Waals surface area contributed by atoms with Gasteiger partial charge in [0.1, 0.15) is 0 Å². The van der Waals surface area contributed by atoms with Crippen molar-refractivity contribution >= 4 is 43.0 Å². The Kier molecular flexibility index (Phi) is 1.25. The predicted octanol–water partition coefficient (Wildman–Crippen LogP) is 3.51. The van der Waals surface area contributed by atoms with Crippen molar-refractivity contribution in [2.75, 3.05) is 0 Å². The first kappa shape index (κ1) is 6.57. The summed E-state index contributed by atoms with van der Waals surface area (Å²) >= 11 is 3.52. The van der Waals surface area contributed by atoms with Crippen LogP contribution in [-0.2, 0) is 0 Å². The van der Waals surface area contributed by atoms with Crippen LogP contribution in [0.4, 0.5) is 0 Å². The van der Waals surface area contributed by atoms with Gasteiger partial charge < -0.3 is 0 Å². The second-order valence-corrected chi connectivity index (χ2v) is 4.46. The highest BCUT2D eigenvalue weighted by Crippen LogP contribution is 2.30. The van der Waals surface area contributed by atoms with Crippen molar-refractivity contribution in [3.05, 3.63) is 29.1 Å². The van der Waals surface area contributed by atoms with Gasteiger partial charge in [-0.3, -0.25) is 4.98 Å². The molecule has 3 aromatic rings. The third-order valence-electron chi connectivity index (χ3n) is 1.91. The number of pyridine rings is 1. The van der Waals surface area contributed by atoms with Crippen molar-refractivity contribution in [3.8, 4) is 0 Å². The molecule has 3 heteroatoms. The molecule has 0 radical (unpaired) electrons. The molecule has 0 saturated carbocycles. The molecule has 12 heavy (non-hydrogen) atoms. The molecule has 1 nitrogen and oxygen atoms in total. The molecule has 0 spiro atoms. The minimum Gasteiger partial charge on any atom is -0.254 e. The molecule has 0 aliphatic carbocycles. The van der Waals surface area contributed by atoms with Gasteiger partial charge in [0, 0.05) is 11.6 Å². The van der Waals surface area contributed by atoms with Gasteiger partial charge in [-0.25, -0.2) is 0 Å². The number of fused-ring (bicyclic) bond motifs is 3. The van der Waals surface area contributed by atoms with Gasteiger partial charge in [0.05, 0.1) is 14.9 Å². The first-order valence-corrected chi connectivity index (χ1v) is 5.40.